The Morgan fingerprint density at radius 1 is 1.39 bits per heavy atom. The zero-order valence-corrected chi connectivity index (χ0v) is 10.8. The molecule has 92 valence electrons. The summed E-state index contributed by atoms with van der Waals surface area (Å²) in [5, 5.41) is 8.92. The molecule has 1 heterocycles. The number of hydrogen-bond donors (Lipinski definition) is 1. The van der Waals surface area contributed by atoms with Crippen molar-refractivity contribution in [3.8, 4) is 17.3 Å². The lowest BCUT2D eigenvalue weighted by molar-refractivity contribution is 0.590. The number of imidazole rings is 1. The SMILES string of the molecule is Cc1nc(-c2cccc(C#N)c2)c(N)n1C(C)C. The van der Waals surface area contributed by atoms with E-state index in [1.165, 1.54) is 0 Å². The van der Waals surface area contributed by atoms with Gasteiger partial charge in [-0.05, 0) is 32.9 Å². The van der Waals surface area contributed by atoms with Gasteiger partial charge in [0.05, 0.1) is 11.6 Å². The number of aryl methyl sites for hydroxylation is 1. The van der Waals surface area contributed by atoms with Crippen molar-refractivity contribution in [2.75, 3.05) is 5.73 Å². The van der Waals surface area contributed by atoms with E-state index in [4.69, 9.17) is 11.0 Å². The van der Waals surface area contributed by atoms with Crippen LogP contribution in [0.25, 0.3) is 11.3 Å². The molecule has 1 aromatic carbocycles. The maximum atomic E-state index is 8.92. The van der Waals surface area contributed by atoms with Crippen molar-refractivity contribution >= 4 is 5.82 Å². The van der Waals surface area contributed by atoms with E-state index in [-0.39, 0.29) is 6.04 Å². The number of nitrogens with two attached hydrogens (primary N) is 1. The minimum absolute atomic E-state index is 0.269. The smallest absolute Gasteiger partial charge is 0.131 e. The third kappa shape index (κ3) is 1.95. The average Bonchev–Trinajstić information content (AvgIpc) is 2.65. The standard InChI is InChI=1S/C14H16N4/c1-9(2)18-10(3)17-13(14(18)16)12-6-4-5-11(7-12)8-15/h4-7,9H,16H2,1-3H3. The highest BCUT2D eigenvalue weighted by atomic mass is 15.2. The van der Waals surface area contributed by atoms with Gasteiger partial charge in [-0.3, -0.25) is 0 Å². The largest absolute Gasteiger partial charge is 0.383 e. The fourth-order valence-electron chi connectivity index (χ4n) is 2.16. The Bertz CT molecular complexity index is 617. The van der Waals surface area contributed by atoms with E-state index < -0.39 is 0 Å². The Hall–Kier alpha value is -2.28. The first-order valence-corrected chi connectivity index (χ1v) is 5.89. The van der Waals surface area contributed by atoms with E-state index in [1.807, 2.05) is 29.7 Å². The zero-order valence-electron chi connectivity index (χ0n) is 10.8. The summed E-state index contributed by atoms with van der Waals surface area (Å²) in [6.07, 6.45) is 0. The summed E-state index contributed by atoms with van der Waals surface area (Å²) in [7, 11) is 0. The van der Waals surface area contributed by atoms with Crippen molar-refractivity contribution in [3.05, 3.63) is 35.7 Å². The lowest BCUT2D eigenvalue weighted by Crippen LogP contribution is -2.07. The van der Waals surface area contributed by atoms with Crippen molar-refractivity contribution in [3.63, 3.8) is 0 Å². The van der Waals surface area contributed by atoms with Crippen LogP contribution in [0.4, 0.5) is 5.82 Å². The van der Waals surface area contributed by atoms with Gasteiger partial charge in [0.1, 0.15) is 17.3 Å². The molecule has 0 aliphatic heterocycles. The van der Waals surface area contributed by atoms with Gasteiger partial charge >= 0.3 is 0 Å². The van der Waals surface area contributed by atoms with Gasteiger partial charge in [0.25, 0.3) is 0 Å². The molecule has 0 bridgehead atoms. The van der Waals surface area contributed by atoms with E-state index in [1.54, 1.807) is 6.07 Å². The molecule has 0 unspecified atom stereocenters. The molecule has 0 amide bonds. The Labute approximate surface area is 107 Å². The minimum atomic E-state index is 0.269. The maximum absolute atomic E-state index is 8.92. The number of nitrogens with zero attached hydrogens (tertiary/aromatic N) is 3. The van der Waals surface area contributed by atoms with Crippen molar-refractivity contribution in [2.45, 2.75) is 26.8 Å². The predicted octanol–water partition coefficient (Wildman–Crippen LogP) is 2.89. The number of nitrogen functional groups attached to an aromatic ring is 1. The first kappa shape index (κ1) is 12.2. The summed E-state index contributed by atoms with van der Waals surface area (Å²) in [5.74, 6) is 1.54. The quantitative estimate of drug-likeness (QED) is 0.877. The predicted molar refractivity (Wildman–Crippen MR) is 71.9 cm³/mol. The molecule has 1 aromatic heterocycles. The number of rotatable bonds is 2. The summed E-state index contributed by atoms with van der Waals surface area (Å²) in [6, 6.07) is 9.74. The molecular formula is C14H16N4. The second-order valence-corrected chi connectivity index (χ2v) is 4.55. The molecule has 4 nitrogen and oxygen atoms in total. The van der Waals surface area contributed by atoms with Crippen LogP contribution in [0.3, 0.4) is 0 Å². The molecule has 2 N–H and O–H groups in total. The second-order valence-electron chi connectivity index (χ2n) is 4.55. The molecule has 0 saturated carbocycles. The second kappa shape index (κ2) is 4.53. The summed E-state index contributed by atoms with van der Waals surface area (Å²) in [4.78, 5) is 4.51. The van der Waals surface area contributed by atoms with Gasteiger partial charge in [-0.25, -0.2) is 4.98 Å². The molecule has 2 rings (SSSR count). The molecular weight excluding hydrogens is 224 g/mol. The summed E-state index contributed by atoms with van der Waals surface area (Å²) >= 11 is 0. The molecule has 0 radical (unpaired) electrons. The first-order valence-electron chi connectivity index (χ1n) is 5.89. The highest BCUT2D eigenvalue weighted by molar-refractivity contribution is 5.72. The number of anilines is 1. The van der Waals surface area contributed by atoms with Gasteiger partial charge in [0, 0.05) is 11.6 Å². The maximum Gasteiger partial charge on any atom is 0.131 e. The fraction of sp³-hybridized carbons (Fsp3) is 0.286. The van der Waals surface area contributed by atoms with E-state index in [0.717, 1.165) is 17.1 Å². The Morgan fingerprint density at radius 3 is 2.67 bits per heavy atom. The summed E-state index contributed by atoms with van der Waals surface area (Å²) < 4.78 is 1.99. The third-order valence-electron chi connectivity index (χ3n) is 2.91. The molecule has 18 heavy (non-hydrogen) atoms. The monoisotopic (exact) mass is 240 g/mol. The molecule has 0 aliphatic carbocycles. The lowest BCUT2D eigenvalue weighted by Gasteiger charge is -2.11. The van der Waals surface area contributed by atoms with Crippen LogP contribution in [0.15, 0.2) is 24.3 Å². The topological polar surface area (TPSA) is 67.6 Å². The third-order valence-corrected chi connectivity index (χ3v) is 2.91. The molecule has 4 heteroatoms. The van der Waals surface area contributed by atoms with E-state index in [0.29, 0.717) is 11.4 Å². The van der Waals surface area contributed by atoms with Crippen LogP contribution in [-0.4, -0.2) is 9.55 Å². The molecule has 0 atom stereocenters. The van der Waals surface area contributed by atoms with Gasteiger partial charge in [-0.1, -0.05) is 12.1 Å². The number of aromatic nitrogens is 2. The lowest BCUT2D eigenvalue weighted by atomic mass is 10.1. The van der Waals surface area contributed by atoms with Crippen molar-refractivity contribution in [1.29, 1.82) is 5.26 Å². The highest BCUT2D eigenvalue weighted by Crippen LogP contribution is 2.29. The van der Waals surface area contributed by atoms with Crippen LogP contribution >= 0.6 is 0 Å². The molecule has 2 aromatic rings. The van der Waals surface area contributed by atoms with E-state index in [2.05, 4.69) is 24.9 Å². The Morgan fingerprint density at radius 2 is 2.11 bits per heavy atom. The van der Waals surface area contributed by atoms with Crippen molar-refractivity contribution in [2.24, 2.45) is 0 Å². The number of nitriles is 1. The molecule has 0 aliphatic rings. The fourth-order valence-corrected chi connectivity index (χ4v) is 2.16. The van der Waals surface area contributed by atoms with Crippen molar-refractivity contribution in [1.82, 2.24) is 9.55 Å². The van der Waals surface area contributed by atoms with Gasteiger partial charge in [-0.2, -0.15) is 5.26 Å². The molecule has 0 spiro atoms. The number of hydrogen-bond acceptors (Lipinski definition) is 3. The summed E-state index contributed by atoms with van der Waals surface area (Å²) in [5.41, 5.74) is 8.39. The van der Waals surface area contributed by atoms with Gasteiger partial charge < -0.3 is 10.3 Å². The Balaban J connectivity index is 2.58. The minimum Gasteiger partial charge on any atom is -0.383 e. The van der Waals surface area contributed by atoms with Crippen LogP contribution in [0.2, 0.25) is 0 Å². The van der Waals surface area contributed by atoms with Crippen LogP contribution < -0.4 is 5.73 Å². The van der Waals surface area contributed by atoms with Crippen LogP contribution in [0.1, 0.15) is 31.3 Å². The van der Waals surface area contributed by atoms with E-state index >= 15 is 0 Å². The first-order chi connectivity index (χ1) is 8.54. The van der Waals surface area contributed by atoms with Crippen LogP contribution in [0, 0.1) is 18.3 Å². The highest BCUT2D eigenvalue weighted by Gasteiger charge is 2.15. The van der Waals surface area contributed by atoms with Crippen molar-refractivity contribution < 1.29 is 0 Å². The number of benzene rings is 1. The van der Waals surface area contributed by atoms with Crippen LogP contribution in [-0.2, 0) is 0 Å². The average molecular weight is 240 g/mol. The Kier molecular flexibility index (Phi) is 3.07. The van der Waals surface area contributed by atoms with E-state index in [9.17, 15) is 0 Å². The zero-order chi connectivity index (χ0) is 13.3. The van der Waals surface area contributed by atoms with Gasteiger partial charge in [0.2, 0.25) is 0 Å². The molecule has 0 fully saturated rings. The van der Waals surface area contributed by atoms with Gasteiger partial charge in [-0.15, -0.1) is 0 Å². The normalized spacial score (nSPS) is 10.6. The summed E-state index contributed by atoms with van der Waals surface area (Å²) in [6.45, 7) is 6.08. The van der Waals surface area contributed by atoms with Gasteiger partial charge in [0.15, 0.2) is 0 Å². The van der Waals surface area contributed by atoms with Crippen LogP contribution in [0.5, 0.6) is 0 Å². The molecule has 0 saturated heterocycles.